The molecule has 0 unspecified atom stereocenters. The van der Waals surface area contributed by atoms with Crippen molar-refractivity contribution < 1.29 is 4.42 Å². The topological polar surface area (TPSA) is 122 Å². The second-order valence-electron chi connectivity index (χ2n) is 4.37. The molecule has 0 atom stereocenters. The molecule has 0 aliphatic rings. The van der Waals surface area contributed by atoms with Crippen LogP contribution in [0.15, 0.2) is 33.9 Å². The largest absolute Gasteiger partial charge is 0.421 e. The predicted molar refractivity (Wildman–Crippen MR) is 76.7 cm³/mol. The summed E-state index contributed by atoms with van der Waals surface area (Å²) in [6.45, 7) is 3.52. The Hall–Kier alpha value is -3.63. The summed E-state index contributed by atoms with van der Waals surface area (Å²) < 4.78 is 5.35. The fourth-order valence-electron chi connectivity index (χ4n) is 1.72. The summed E-state index contributed by atoms with van der Waals surface area (Å²) in [5.41, 5.74) is 1.70. The Morgan fingerprint density at radius 2 is 1.82 bits per heavy atom. The van der Waals surface area contributed by atoms with Crippen molar-refractivity contribution in [3.8, 4) is 29.7 Å². The molecule has 0 bridgehead atoms. The van der Waals surface area contributed by atoms with Gasteiger partial charge in [-0.25, -0.2) is 0 Å². The summed E-state index contributed by atoms with van der Waals surface area (Å²) in [7, 11) is 0. The number of anilines is 1. The number of aryl methyl sites for hydroxylation is 2. The van der Waals surface area contributed by atoms with Crippen molar-refractivity contribution in [3.05, 3.63) is 40.9 Å². The summed E-state index contributed by atoms with van der Waals surface area (Å²) >= 11 is 0. The van der Waals surface area contributed by atoms with Crippen LogP contribution in [0.5, 0.6) is 0 Å². The minimum Gasteiger partial charge on any atom is -0.421 e. The van der Waals surface area contributed by atoms with Gasteiger partial charge in [-0.15, -0.1) is 10.2 Å². The average molecular weight is 290 g/mol. The van der Waals surface area contributed by atoms with Crippen LogP contribution in [0.3, 0.4) is 0 Å². The van der Waals surface area contributed by atoms with Crippen LogP contribution in [0.25, 0.3) is 11.5 Å². The molecule has 0 aliphatic carbocycles. The van der Waals surface area contributed by atoms with Crippen LogP contribution in [-0.2, 0) is 0 Å². The van der Waals surface area contributed by atoms with Gasteiger partial charge in [0.15, 0.2) is 5.57 Å². The number of benzene rings is 1. The Kier molecular flexibility index (Phi) is 4.17. The van der Waals surface area contributed by atoms with Gasteiger partial charge in [0.2, 0.25) is 11.8 Å². The number of nitrogens with one attached hydrogen (secondary N) is 1. The standard InChI is InChI=1S/C15H10N6O/c1-9-3-4-11(15-21-20-10(2)22-15)5-13(9)19-14(8-18)12(6-16)7-17/h3-5,19H,1-2H3. The monoisotopic (exact) mass is 290 g/mol. The normalized spacial score (nSPS) is 9.23. The molecule has 0 radical (unpaired) electrons. The summed E-state index contributed by atoms with van der Waals surface area (Å²) in [5, 5.41) is 37.3. The minimum atomic E-state index is -0.277. The van der Waals surface area contributed by atoms with Gasteiger partial charge in [0.25, 0.3) is 0 Å². The number of nitriles is 3. The lowest BCUT2D eigenvalue weighted by Crippen LogP contribution is -2.02. The summed E-state index contributed by atoms with van der Waals surface area (Å²) in [4.78, 5) is 0. The number of allylic oxidation sites excluding steroid dienone is 2. The van der Waals surface area contributed by atoms with Crippen LogP contribution in [0, 0.1) is 47.8 Å². The average Bonchev–Trinajstić information content (AvgIpc) is 2.95. The molecule has 1 heterocycles. The molecule has 0 saturated carbocycles. The number of hydrogen-bond acceptors (Lipinski definition) is 7. The van der Waals surface area contributed by atoms with Crippen molar-refractivity contribution in [3.63, 3.8) is 0 Å². The Balaban J connectivity index is 2.45. The quantitative estimate of drug-likeness (QED) is 0.861. The van der Waals surface area contributed by atoms with E-state index in [0.717, 1.165) is 5.56 Å². The molecule has 2 rings (SSSR count). The zero-order valence-corrected chi connectivity index (χ0v) is 11.9. The van der Waals surface area contributed by atoms with Crippen molar-refractivity contribution in [2.24, 2.45) is 0 Å². The molecule has 7 nitrogen and oxygen atoms in total. The van der Waals surface area contributed by atoms with E-state index in [-0.39, 0.29) is 11.3 Å². The van der Waals surface area contributed by atoms with Crippen LogP contribution in [0.4, 0.5) is 5.69 Å². The first-order chi connectivity index (χ1) is 10.6. The zero-order valence-electron chi connectivity index (χ0n) is 11.9. The van der Waals surface area contributed by atoms with Crippen molar-refractivity contribution in [2.45, 2.75) is 13.8 Å². The first-order valence-corrected chi connectivity index (χ1v) is 6.21. The molecule has 22 heavy (non-hydrogen) atoms. The first-order valence-electron chi connectivity index (χ1n) is 6.21. The SMILES string of the molecule is Cc1nnc(-c2ccc(C)c(NC(C#N)=C(C#N)C#N)c2)o1. The highest BCUT2D eigenvalue weighted by Gasteiger charge is 2.11. The molecule has 1 aromatic heterocycles. The van der Waals surface area contributed by atoms with Gasteiger partial charge in [0, 0.05) is 18.2 Å². The van der Waals surface area contributed by atoms with E-state index in [1.165, 1.54) is 0 Å². The Labute approximate surface area is 126 Å². The van der Waals surface area contributed by atoms with Crippen molar-refractivity contribution in [1.82, 2.24) is 10.2 Å². The van der Waals surface area contributed by atoms with Crippen LogP contribution in [-0.4, -0.2) is 10.2 Å². The molecule has 7 heteroatoms. The van der Waals surface area contributed by atoms with E-state index in [9.17, 15) is 0 Å². The van der Waals surface area contributed by atoms with E-state index in [0.29, 0.717) is 23.0 Å². The van der Waals surface area contributed by atoms with Crippen molar-refractivity contribution in [1.29, 1.82) is 15.8 Å². The van der Waals surface area contributed by atoms with Gasteiger partial charge in [0.05, 0.1) is 0 Å². The van der Waals surface area contributed by atoms with Crippen LogP contribution in [0.2, 0.25) is 0 Å². The Morgan fingerprint density at radius 3 is 2.36 bits per heavy atom. The molecule has 0 fully saturated rings. The third-order valence-electron chi connectivity index (χ3n) is 2.86. The first kappa shape index (κ1) is 14.8. The van der Waals surface area contributed by atoms with Gasteiger partial charge >= 0.3 is 0 Å². The second kappa shape index (κ2) is 6.21. The van der Waals surface area contributed by atoms with Crippen molar-refractivity contribution >= 4 is 5.69 Å². The molecule has 106 valence electrons. The third kappa shape index (κ3) is 2.92. The van der Waals surface area contributed by atoms with E-state index >= 15 is 0 Å². The maximum atomic E-state index is 9.09. The fourth-order valence-corrected chi connectivity index (χ4v) is 1.72. The minimum absolute atomic E-state index is 0.105. The smallest absolute Gasteiger partial charge is 0.247 e. The van der Waals surface area contributed by atoms with Crippen LogP contribution in [0.1, 0.15) is 11.5 Å². The van der Waals surface area contributed by atoms with E-state index in [2.05, 4.69) is 15.5 Å². The molecule has 2 aromatic rings. The maximum absolute atomic E-state index is 9.09. The highest BCUT2D eigenvalue weighted by atomic mass is 16.4. The fraction of sp³-hybridized carbons (Fsp3) is 0.133. The Bertz CT molecular complexity index is 857. The zero-order chi connectivity index (χ0) is 16.1. The highest BCUT2D eigenvalue weighted by Crippen LogP contribution is 2.25. The van der Waals surface area contributed by atoms with E-state index < -0.39 is 0 Å². The van der Waals surface area contributed by atoms with Crippen molar-refractivity contribution in [2.75, 3.05) is 5.32 Å². The van der Waals surface area contributed by atoms with Gasteiger partial charge < -0.3 is 9.73 Å². The van der Waals surface area contributed by atoms with Gasteiger partial charge in [0.1, 0.15) is 23.9 Å². The lowest BCUT2D eigenvalue weighted by molar-refractivity contribution is 0.533. The lowest BCUT2D eigenvalue weighted by Gasteiger charge is -2.09. The van der Waals surface area contributed by atoms with Gasteiger partial charge in [-0.2, -0.15) is 15.8 Å². The van der Waals surface area contributed by atoms with Gasteiger partial charge in [-0.05, 0) is 24.6 Å². The molecular weight excluding hydrogens is 280 g/mol. The molecule has 0 aliphatic heterocycles. The summed E-state index contributed by atoms with van der Waals surface area (Å²) in [6.07, 6.45) is 0. The van der Waals surface area contributed by atoms with Gasteiger partial charge in [-0.3, -0.25) is 0 Å². The molecule has 1 aromatic carbocycles. The van der Waals surface area contributed by atoms with Gasteiger partial charge in [-0.1, -0.05) is 6.07 Å². The number of hydrogen-bond donors (Lipinski definition) is 1. The third-order valence-corrected chi connectivity index (χ3v) is 2.86. The highest BCUT2D eigenvalue weighted by molar-refractivity contribution is 5.68. The van der Waals surface area contributed by atoms with E-state index in [1.807, 2.05) is 19.1 Å². The summed E-state index contributed by atoms with van der Waals surface area (Å²) in [6, 6.07) is 10.5. The molecule has 0 saturated heterocycles. The number of nitrogens with zero attached hydrogens (tertiary/aromatic N) is 5. The lowest BCUT2D eigenvalue weighted by atomic mass is 10.1. The maximum Gasteiger partial charge on any atom is 0.247 e. The van der Waals surface area contributed by atoms with E-state index in [4.69, 9.17) is 20.2 Å². The molecule has 1 N–H and O–H groups in total. The summed E-state index contributed by atoms with van der Waals surface area (Å²) in [5.74, 6) is 0.794. The second-order valence-corrected chi connectivity index (χ2v) is 4.37. The molecule has 0 spiro atoms. The van der Waals surface area contributed by atoms with Crippen LogP contribution >= 0.6 is 0 Å². The molecular formula is C15H10N6O. The Morgan fingerprint density at radius 1 is 1.09 bits per heavy atom. The number of aromatic nitrogens is 2. The predicted octanol–water partition coefficient (Wildman–Crippen LogP) is 2.59. The van der Waals surface area contributed by atoms with E-state index in [1.54, 1.807) is 31.2 Å². The number of rotatable bonds is 3. The molecule has 0 amide bonds. The van der Waals surface area contributed by atoms with Crippen LogP contribution < -0.4 is 5.32 Å².